The van der Waals surface area contributed by atoms with Crippen molar-refractivity contribution in [3.8, 4) is 0 Å². The van der Waals surface area contributed by atoms with Crippen LogP contribution in [0.15, 0.2) is 95.6 Å². The molecule has 0 saturated carbocycles. The molecule has 4 aromatic rings. The van der Waals surface area contributed by atoms with E-state index in [0.717, 1.165) is 42.6 Å². The predicted octanol–water partition coefficient (Wildman–Crippen LogP) is 9.79. The number of carbonyl (C=O) groups excluding carboxylic acids is 1. The summed E-state index contributed by atoms with van der Waals surface area (Å²) in [7, 11) is 0. The van der Waals surface area contributed by atoms with Gasteiger partial charge in [0, 0.05) is 20.7 Å². The second kappa shape index (κ2) is 9.91. The van der Waals surface area contributed by atoms with Crippen LogP contribution < -0.4 is 5.32 Å². The molecule has 36 heavy (non-hydrogen) atoms. The molecule has 1 aliphatic rings. The first-order valence-corrected chi connectivity index (χ1v) is 13.5. The van der Waals surface area contributed by atoms with Gasteiger partial charge in [0.25, 0.3) is 5.91 Å². The number of rotatable bonds is 5. The maximum atomic E-state index is 13.6. The van der Waals surface area contributed by atoms with Gasteiger partial charge in [-0.15, -0.1) is 11.3 Å². The third kappa shape index (κ3) is 4.94. The molecule has 1 N–H and O–H groups in total. The molecule has 182 valence electrons. The number of benzene rings is 3. The zero-order valence-corrected chi connectivity index (χ0v) is 22.3. The normalized spacial score (nSPS) is 16.3. The monoisotopic (exact) mass is 491 g/mol. The van der Waals surface area contributed by atoms with Crippen molar-refractivity contribution in [2.24, 2.45) is 5.41 Å². The van der Waals surface area contributed by atoms with Gasteiger partial charge >= 0.3 is 0 Å². The maximum absolute atomic E-state index is 13.6. The molecule has 0 unspecified atom stereocenters. The second-order valence-corrected chi connectivity index (χ2v) is 11.6. The van der Waals surface area contributed by atoms with Crippen molar-refractivity contribution in [3.63, 3.8) is 0 Å². The Morgan fingerprint density at radius 2 is 1.75 bits per heavy atom. The van der Waals surface area contributed by atoms with Crippen LogP contribution in [-0.4, -0.2) is 5.91 Å². The number of anilines is 1. The fraction of sp³-hybridized carbons (Fsp3) is 0.242. The number of nitrogens with one attached hydrogen (secondary N) is 1. The average Bonchev–Trinajstić information content (AvgIpc) is 3.21. The van der Waals surface area contributed by atoms with E-state index >= 15 is 0 Å². The number of amides is 1. The molecule has 0 aliphatic heterocycles. The summed E-state index contributed by atoms with van der Waals surface area (Å²) < 4.78 is 1.12. The third-order valence-corrected chi connectivity index (χ3v) is 8.39. The summed E-state index contributed by atoms with van der Waals surface area (Å²) in [6.45, 7) is 9.07. The van der Waals surface area contributed by atoms with Gasteiger partial charge in [0.2, 0.25) is 0 Å². The molecule has 1 aromatic heterocycles. The molecule has 0 atom stereocenters. The average molecular weight is 492 g/mol. The maximum Gasteiger partial charge on any atom is 0.257 e. The number of thiophene rings is 1. The highest BCUT2D eigenvalue weighted by molar-refractivity contribution is 7.20. The van der Waals surface area contributed by atoms with Gasteiger partial charge in [-0.05, 0) is 84.7 Å². The molecule has 0 fully saturated rings. The lowest BCUT2D eigenvalue weighted by molar-refractivity contribution is 0.102. The van der Waals surface area contributed by atoms with Crippen LogP contribution in [0.2, 0.25) is 0 Å². The highest BCUT2D eigenvalue weighted by atomic mass is 32.1. The summed E-state index contributed by atoms with van der Waals surface area (Å²) in [6, 6.07) is 22.4. The Balaban J connectivity index is 1.48. The van der Waals surface area contributed by atoms with Crippen molar-refractivity contribution >= 4 is 49.9 Å². The first kappa shape index (κ1) is 24.3. The quantitative estimate of drug-likeness (QED) is 0.277. The van der Waals surface area contributed by atoms with Crippen LogP contribution >= 0.6 is 11.3 Å². The molecular formula is C33H33NOS. The van der Waals surface area contributed by atoms with E-state index in [-0.39, 0.29) is 11.3 Å². The first-order valence-electron chi connectivity index (χ1n) is 12.7. The van der Waals surface area contributed by atoms with Gasteiger partial charge in [-0.3, -0.25) is 4.79 Å². The molecule has 2 nitrogen and oxygen atoms in total. The van der Waals surface area contributed by atoms with Crippen LogP contribution in [0.5, 0.6) is 0 Å². The molecule has 1 heterocycles. The third-order valence-electron chi connectivity index (χ3n) is 7.27. The Bertz CT molecular complexity index is 1550. The first-order chi connectivity index (χ1) is 17.3. The van der Waals surface area contributed by atoms with Crippen molar-refractivity contribution < 1.29 is 4.79 Å². The highest BCUT2D eigenvalue weighted by Gasteiger charge is 2.26. The van der Waals surface area contributed by atoms with E-state index in [2.05, 4.69) is 75.5 Å². The summed E-state index contributed by atoms with van der Waals surface area (Å²) in [5.74, 6) is -0.0715. The van der Waals surface area contributed by atoms with Gasteiger partial charge in [0.1, 0.15) is 0 Å². The molecule has 0 radical (unpaired) electrons. The van der Waals surface area contributed by atoms with Gasteiger partial charge in [0.15, 0.2) is 0 Å². The van der Waals surface area contributed by atoms with Crippen molar-refractivity contribution in [1.29, 1.82) is 0 Å². The Kier molecular flexibility index (Phi) is 6.68. The topological polar surface area (TPSA) is 29.1 Å². The SMILES string of the molecule is CC1=C(C=C/C(C)=C/c2sc3ccccc3c2C(=O)Nc2ccc3ccccc3c2)C(C)(C)CCC1. The molecule has 0 saturated heterocycles. The molecular weight excluding hydrogens is 458 g/mol. The number of carbonyl (C=O) groups is 1. The van der Waals surface area contributed by atoms with Crippen LogP contribution in [0, 0.1) is 5.41 Å². The van der Waals surface area contributed by atoms with Crippen LogP contribution in [-0.2, 0) is 0 Å². The summed E-state index contributed by atoms with van der Waals surface area (Å²) in [4.78, 5) is 14.6. The van der Waals surface area contributed by atoms with Crippen LogP contribution in [0.4, 0.5) is 5.69 Å². The molecule has 0 bridgehead atoms. The van der Waals surface area contributed by atoms with Gasteiger partial charge in [-0.25, -0.2) is 0 Å². The van der Waals surface area contributed by atoms with E-state index < -0.39 is 0 Å². The molecule has 5 rings (SSSR count). The molecule has 3 heteroatoms. The van der Waals surface area contributed by atoms with Gasteiger partial charge in [-0.1, -0.05) is 80.1 Å². The van der Waals surface area contributed by atoms with E-state index in [9.17, 15) is 4.79 Å². The molecule has 1 amide bonds. The van der Waals surface area contributed by atoms with Gasteiger partial charge in [-0.2, -0.15) is 0 Å². The minimum absolute atomic E-state index is 0.0715. The zero-order chi connectivity index (χ0) is 25.3. The fourth-order valence-electron chi connectivity index (χ4n) is 5.34. The summed E-state index contributed by atoms with van der Waals surface area (Å²) >= 11 is 1.67. The highest BCUT2D eigenvalue weighted by Crippen LogP contribution is 2.41. The van der Waals surface area contributed by atoms with Gasteiger partial charge in [0.05, 0.1) is 5.56 Å². The zero-order valence-electron chi connectivity index (χ0n) is 21.5. The van der Waals surface area contributed by atoms with E-state index in [1.807, 2.05) is 42.5 Å². The Morgan fingerprint density at radius 3 is 2.56 bits per heavy atom. The molecule has 1 aliphatic carbocycles. The largest absolute Gasteiger partial charge is 0.322 e. The lowest BCUT2D eigenvalue weighted by Crippen LogP contribution is -2.19. The van der Waals surface area contributed by atoms with E-state index in [0.29, 0.717) is 0 Å². The summed E-state index contributed by atoms with van der Waals surface area (Å²) in [5.41, 5.74) is 5.84. The number of fused-ring (bicyclic) bond motifs is 2. The van der Waals surface area contributed by atoms with Crippen LogP contribution in [0.25, 0.3) is 26.9 Å². The van der Waals surface area contributed by atoms with Crippen LogP contribution in [0.3, 0.4) is 0 Å². The predicted molar refractivity (Wildman–Crippen MR) is 157 cm³/mol. The number of hydrogen-bond donors (Lipinski definition) is 1. The van der Waals surface area contributed by atoms with E-state index in [4.69, 9.17) is 0 Å². The van der Waals surface area contributed by atoms with Gasteiger partial charge < -0.3 is 5.32 Å². The lowest BCUT2D eigenvalue weighted by Gasteiger charge is -2.32. The molecule has 0 spiro atoms. The molecule has 3 aromatic carbocycles. The minimum atomic E-state index is -0.0715. The second-order valence-electron chi connectivity index (χ2n) is 10.5. The number of hydrogen-bond acceptors (Lipinski definition) is 2. The van der Waals surface area contributed by atoms with E-state index in [1.54, 1.807) is 11.3 Å². The summed E-state index contributed by atoms with van der Waals surface area (Å²) in [5, 5.41) is 6.43. The lowest BCUT2D eigenvalue weighted by atomic mass is 9.72. The van der Waals surface area contributed by atoms with Crippen molar-refractivity contribution in [2.75, 3.05) is 5.32 Å². The standard InChI is InChI=1S/C33H33NOS/c1-22(15-18-28-23(2)10-9-19-33(28,3)4)20-30-31(27-13-7-8-14-29(27)36-30)32(35)34-26-17-16-24-11-5-6-12-25(24)21-26/h5-8,11-18,20-21H,9-10,19H2,1-4H3,(H,34,35)/b18-15?,22-20+. The minimum Gasteiger partial charge on any atom is -0.322 e. The number of allylic oxidation sites excluding steroid dienone is 5. The Labute approximate surface area is 218 Å². The summed E-state index contributed by atoms with van der Waals surface area (Å²) in [6.07, 6.45) is 10.3. The van der Waals surface area contributed by atoms with Crippen molar-refractivity contribution in [1.82, 2.24) is 0 Å². The Morgan fingerprint density at radius 1 is 1.00 bits per heavy atom. The van der Waals surface area contributed by atoms with Crippen molar-refractivity contribution in [2.45, 2.75) is 47.0 Å². The Hall–Kier alpha value is -3.43. The smallest absolute Gasteiger partial charge is 0.257 e. The van der Waals surface area contributed by atoms with E-state index in [1.165, 1.54) is 30.4 Å². The van der Waals surface area contributed by atoms with Crippen LogP contribution in [0.1, 0.15) is 62.2 Å². The van der Waals surface area contributed by atoms with Crippen molar-refractivity contribution in [3.05, 3.63) is 106 Å². The fourth-order valence-corrected chi connectivity index (χ4v) is 6.55.